The highest BCUT2D eigenvalue weighted by molar-refractivity contribution is 5.95. The molecule has 1 heterocycles. The van der Waals surface area contributed by atoms with Crippen LogP contribution in [0.25, 0.3) is 5.69 Å². The molecule has 1 unspecified atom stereocenters. The zero-order valence-electron chi connectivity index (χ0n) is 22.0. The molecule has 0 aliphatic heterocycles. The molecule has 0 fully saturated rings. The van der Waals surface area contributed by atoms with Crippen molar-refractivity contribution in [3.8, 4) is 17.2 Å². The maximum Gasteiger partial charge on any atom is 0.490 e. The number of alkyl halides is 3. The number of ether oxygens (including phenoxy) is 2. The first-order valence-corrected chi connectivity index (χ1v) is 11.7. The number of halogens is 4. The third-order valence-electron chi connectivity index (χ3n) is 5.64. The predicted molar refractivity (Wildman–Crippen MR) is 145 cm³/mol. The molecule has 0 aliphatic carbocycles. The van der Waals surface area contributed by atoms with Crippen molar-refractivity contribution >= 4 is 23.2 Å². The number of hydrogen-bond donors (Lipinski definition) is 6. The van der Waals surface area contributed by atoms with Gasteiger partial charge in [-0.25, -0.2) is 14.0 Å². The first kappa shape index (κ1) is 31.0. The minimum atomic E-state index is -5.08. The Bertz CT molecular complexity index is 1640. The molecule has 0 spiro atoms. The van der Waals surface area contributed by atoms with Crippen LogP contribution in [-0.2, 0) is 4.79 Å². The van der Waals surface area contributed by atoms with Crippen LogP contribution >= 0.6 is 0 Å². The summed E-state index contributed by atoms with van der Waals surface area (Å²) in [6.07, 6.45) is -5.08. The van der Waals surface area contributed by atoms with Crippen LogP contribution < -0.4 is 31.9 Å². The highest BCUT2D eigenvalue weighted by atomic mass is 19.4. The number of nitrogens with two attached hydrogens (primary N) is 2. The van der Waals surface area contributed by atoms with Crippen molar-refractivity contribution in [3.63, 3.8) is 0 Å². The first-order chi connectivity index (χ1) is 19.8. The van der Waals surface area contributed by atoms with Gasteiger partial charge < -0.3 is 31.4 Å². The van der Waals surface area contributed by atoms with Crippen molar-refractivity contribution in [2.24, 2.45) is 5.73 Å². The largest absolute Gasteiger partial charge is 0.493 e. The monoisotopic (exact) mass is 591 g/mol. The highest BCUT2D eigenvalue weighted by Crippen LogP contribution is 2.35. The van der Waals surface area contributed by atoms with E-state index in [-0.39, 0.29) is 23.0 Å². The Morgan fingerprint density at radius 1 is 1.10 bits per heavy atom. The number of rotatable bonds is 8. The molecule has 0 aliphatic rings. The standard InChI is InChI=1S/C24H24FN7O3.C2HF3O2/c1-34-19-11-15(16(25)12-20(19)35-2)21(29-14-9-7-13(8-10-14)22(27)28)23-30-24(33)32(31-23)18-6-4-3-5-17(18)26;3-2(4,5)1(6)7/h3-12,21,29H,26H2,1-2H3,(H3,27,28)(H,30,31,33);(H,6,7). The third-order valence-corrected chi connectivity index (χ3v) is 5.64. The molecule has 222 valence electrons. The number of carboxylic acids is 1. The number of carbonyl (C=O) groups is 1. The number of amidine groups is 1. The van der Waals surface area contributed by atoms with Crippen LogP contribution in [-0.4, -0.2) is 52.1 Å². The number of carboxylic acid groups (broad SMARTS) is 1. The molecule has 0 saturated carbocycles. The SMILES string of the molecule is COc1cc(F)c(C(Nc2ccc(C(=N)N)cc2)c2nn(-c3ccccc3N)c(=O)[nH]2)cc1OC.O=C(O)C(F)(F)F. The Hall–Kier alpha value is -5.54. The van der Waals surface area contributed by atoms with Gasteiger partial charge >= 0.3 is 17.8 Å². The van der Waals surface area contributed by atoms with Crippen LogP contribution in [0.5, 0.6) is 11.5 Å². The second kappa shape index (κ2) is 12.8. The Labute approximate surface area is 235 Å². The van der Waals surface area contributed by atoms with Gasteiger partial charge in [0.1, 0.15) is 17.7 Å². The van der Waals surface area contributed by atoms with E-state index < -0.39 is 29.7 Å². The van der Waals surface area contributed by atoms with Crippen molar-refractivity contribution in [2.45, 2.75) is 12.2 Å². The number of nitrogens with zero attached hydrogens (tertiary/aromatic N) is 2. The van der Waals surface area contributed by atoms with Crippen molar-refractivity contribution in [2.75, 3.05) is 25.3 Å². The Balaban J connectivity index is 0.000000616. The van der Waals surface area contributed by atoms with Crippen molar-refractivity contribution in [3.05, 3.63) is 93.9 Å². The molecule has 0 radical (unpaired) electrons. The minimum Gasteiger partial charge on any atom is -0.493 e. The van der Waals surface area contributed by atoms with E-state index in [2.05, 4.69) is 15.4 Å². The summed E-state index contributed by atoms with van der Waals surface area (Å²) >= 11 is 0. The lowest BCUT2D eigenvalue weighted by atomic mass is 10.0. The van der Waals surface area contributed by atoms with Gasteiger partial charge in [0.2, 0.25) is 0 Å². The number of nitrogens with one attached hydrogen (secondary N) is 3. The quantitative estimate of drug-likeness (QED) is 0.0770. The van der Waals surface area contributed by atoms with E-state index in [0.717, 1.165) is 4.68 Å². The van der Waals surface area contributed by atoms with E-state index in [1.54, 1.807) is 48.5 Å². The summed E-state index contributed by atoms with van der Waals surface area (Å²) < 4.78 is 58.7. The van der Waals surface area contributed by atoms with Crippen LogP contribution in [0.4, 0.5) is 28.9 Å². The summed E-state index contributed by atoms with van der Waals surface area (Å²) in [4.78, 5) is 24.4. The molecule has 16 heteroatoms. The molecule has 1 atom stereocenters. The summed E-state index contributed by atoms with van der Waals surface area (Å²) in [6.45, 7) is 0. The topological polar surface area (TPSA) is 194 Å². The second-order valence-electron chi connectivity index (χ2n) is 8.39. The Morgan fingerprint density at radius 2 is 1.67 bits per heavy atom. The minimum absolute atomic E-state index is 0.0810. The maximum absolute atomic E-state index is 15.3. The molecule has 8 N–H and O–H groups in total. The fraction of sp³-hybridized carbons (Fsp3) is 0.154. The zero-order valence-corrected chi connectivity index (χ0v) is 22.0. The fourth-order valence-electron chi connectivity index (χ4n) is 3.61. The van der Waals surface area contributed by atoms with Gasteiger partial charge in [0.15, 0.2) is 17.3 Å². The first-order valence-electron chi connectivity index (χ1n) is 11.7. The van der Waals surface area contributed by atoms with E-state index in [4.69, 9.17) is 36.3 Å². The second-order valence-corrected chi connectivity index (χ2v) is 8.39. The molecular formula is C26H25F4N7O5. The van der Waals surface area contributed by atoms with Gasteiger partial charge in [0, 0.05) is 22.9 Å². The number of para-hydroxylation sites is 2. The molecule has 12 nitrogen and oxygen atoms in total. The van der Waals surface area contributed by atoms with Crippen LogP contribution in [0.1, 0.15) is 23.0 Å². The van der Waals surface area contributed by atoms with Gasteiger partial charge in [-0.05, 0) is 42.5 Å². The number of benzene rings is 3. The molecule has 4 rings (SSSR count). The average molecular weight is 592 g/mol. The van der Waals surface area contributed by atoms with Gasteiger partial charge in [-0.1, -0.05) is 12.1 Å². The van der Waals surface area contributed by atoms with Crippen LogP contribution in [0.2, 0.25) is 0 Å². The van der Waals surface area contributed by atoms with E-state index >= 15 is 4.39 Å². The molecule has 1 aromatic heterocycles. The van der Waals surface area contributed by atoms with Crippen LogP contribution in [0.3, 0.4) is 0 Å². The summed E-state index contributed by atoms with van der Waals surface area (Å²) in [5.74, 6) is -2.78. The summed E-state index contributed by atoms with van der Waals surface area (Å²) in [5, 5.41) is 22.3. The summed E-state index contributed by atoms with van der Waals surface area (Å²) in [5.41, 5.74) is 13.0. The van der Waals surface area contributed by atoms with E-state index in [0.29, 0.717) is 28.4 Å². The molecule has 42 heavy (non-hydrogen) atoms. The number of aliphatic carboxylic acids is 1. The van der Waals surface area contributed by atoms with Crippen LogP contribution in [0, 0.1) is 11.2 Å². The fourth-order valence-corrected chi connectivity index (χ4v) is 3.61. The third kappa shape index (κ3) is 7.15. The van der Waals surface area contributed by atoms with Gasteiger partial charge in [0.05, 0.1) is 25.6 Å². The molecular weight excluding hydrogens is 566 g/mol. The lowest BCUT2D eigenvalue weighted by molar-refractivity contribution is -0.192. The smallest absolute Gasteiger partial charge is 0.490 e. The average Bonchev–Trinajstić information content (AvgIpc) is 3.32. The normalized spacial score (nSPS) is 11.6. The maximum atomic E-state index is 15.3. The number of methoxy groups -OCH3 is 2. The van der Waals surface area contributed by atoms with Crippen molar-refractivity contribution in [1.29, 1.82) is 5.41 Å². The van der Waals surface area contributed by atoms with Crippen molar-refractivity contribution < 1.29 is 36.9 Å². The number of hydrogen-bond acceptors (Lipinski definition) is 8. The number of aromatic nitrogens is 3. The van der Waals surface area contributed by atoms with Gasteiger partial charge in [-0.15, -0.1) is 5.10 Å². The molecule has 4 aromatic rings. The molecule has 0 amide bonds. The van der Waals surface area contributed by atoms with Gasteiger partial charge in [0.25, 0.3) is 0 Å². The number of anilines is 2. The van der Waals surface area contributed by atoms with E-state index in [1.807, 2.05) is 0 Å². The van der Waals surface area contributed by atoms with Gasteiger partial charge in [-0.3, -0.25) is 10.4 Å². The number of nitrogen functional groups attached to an aromatic ring is 2. The Morgan fingerprint density at radius 3 is 2.19 bits per heavy atom. The van der Waals surface area contributed by atoms with E-state index in [9.17, 15) is 18.0 Å². The van der Waals surface area contributed by atoms with Crippen LogP contribution in [0.15, 0.2) is 65.5 Å². The lowest BCUT2D eigenvalue weighted by Gasteiger charge is -2.20. The number of H-pyrrole nitrogens is 1. The zero-order chi connectivity index (χ0) is 31.2. The molecule has 0 saturated heterocycles. The summed E-state index contributed by atoms with van der Waals surface area (Å²) in [6, 6.07) is 15.2. The van der Waals surface area contributed by atoms with E-state index in [1.165, 1.54) is 26.4 Å². The lowest BCUT2D eigenvalue weighted by Crippen LogP contribution is -2.21. The van der Waals surface area contributed by atoms with Gasteiger partial charge in [-0.2, -0.15) is 17.9 Å². The highest BCUT2D eigenvalue weighted by Gasteiger charge is 2.38. The molecule has 3 aromatic carbocycles. The predicted octanol–water partition coefficient (Wildman–Crippen LogP) is 3.42. The Kier molecular flexibility index (Phi) is 9.41. The van der Waals surface area contributed by atoms with Crippen molar-refractivity contribution in [1.82, 2.24) is 14.8 Å². The number of aromatic amines is 1. The molecule has 0 bridgehead atoms. The summed E-state index contributed by atoms with van der Waals surface area (Å²) in [7, 11) is 2.85.